The Hall–Kier alpha value is -1.07. The fourth-order valence-corrected chi connectivity index (χ4v) is 2.53. The van der Waals surface area contributed by atoms with E-state index in [0.29, 0.717) is 17.3 Å². The minimum Gasteiger partial charge on any atom is -0.469 e. The molecule has 96 valence electrons. The lowest BCUT2D eigenvalue weighted by molar-refractivity contribution is -0.145. The molecule has 1 aromatic rings. The molecule has 0 saturated carbocycles. The van der Waals surface area contributed by atoms with Gasteiger partial charge in [0.2, 0.25) is 5.91 Å². The third-order valence-electron chi connectivity index (χ3n) is 2.86. The molecule has 0 aliphatic carbocycles. The lowest BCUT2D eigenvalue weighted by Gasteiger charge is -2.18. The van der Waals surface area contributed by atoms with Gasteiger partial charge in [-0.2, -0.15) is 0 Å². The van der Waals surface area contributed by atoms with Crippen LogP contribution in [0.4, 0.5) is 5.69 Å². The first-order chi connectivity index (χ1) is 8.52. The minimum absolute atomic E-state index is 0.120. The zero-order valence-electron chi connectivity index (χ0n) is 9.65. The van der Waals surface area contributed by atoms with Crippen LogP contribution in [-0.2, 0) is 14.3 Å². The van der Waals surface area contributed by atoms with Gasteiger partial charge in [0.1, 0.15) is 0 Å². The van der Waals surface area contributed by atoms with Crippen LogP contribution in [-0.4, -0.2) is 25.5 Å². The van der Waals surface area contributed by atoms with E-state index in [1.807, 2.05) is 0 Å². The van der Waals surface area contributed by atoms with E-state index in [4.69, 9.17) is 11.6 Å². The van der Waals surface area contributed by atoms with Crippen LogP contribution < -0.4 is 4.90 Å². The van der Waals surface area contributed by atoms with E-state index in [1.165, 1.54) is 12.0 Å². The number of hydrogen-bond donors (Lipinski definition) is 0. The first-order valence-electron chi connectivity index (χ1n) is 5.36. The lowest BCUT2D eigenvalue weighted by atomic mass is 10.1. The second kappa shape index (κ2) is 5.28. The smallest absolute Gasteiger partial charge is 0.311 e. The van der Waals surface area contributed by atoms with E-state index in [0.717, 1.165) is 4.47 Å². The molecular weight excluding hydrogens is 321 g/mol. The molecule has 1 aliphatic rings. The molecule has 1 aromatic carbocycles. The van der Waals surface area contributed by atoms with E-state index in [9.17, 15) is 9.59 Å². The number of carbonyl (C=O) groups is 2. The molecule has 2 rings (SSSR count). The molecule has 1 saturated heterocycles. The molecule has 0 N–H and O–H groups in total. The fraction of sp³-hybridized carbons (Fsp3) is 0.333. The van der Waals surface area contributed by atoms with Gasteiger partial charge < -0.3 is 9.64 Å². The maximum Gasteiger partial charge on any atom is 0.311 e. The Bertz CT molecular complexity index is 506. The van der Waals surface area contributed by atoms with Crippen molar-refractivity contribution in [3.63, 3.8) is 0 Å². The average molecular weight is 333 g/mol. The van der Waals surface area contributed by atoms with Gasteiger partial charge in [-0.15, -0.1) is 0 Å². The zero-order valence-corrected chi connectivity index (χ0v) is 12.0. The van der Waals surface area contributed by atoms with Crippen LogP contribution in [0.1, 0.15) is 6.42 Å². The van der Waals surface area contributed by atoms with Crippen molar-refractivity contribution in [2.45, 2.75) is 6.42 Å². The summed E-state index contributed by atoms with van der Waals surface area (Å²) in [6, 6.07) is 5.27. The molecule has 1 fully saturated rings. The van der Waals surface area contributed by atoms with Crippen molar-refractivity contribution in [1.82, 2.24) is 0 Å². The highest BCUT2D eigenvalue weighted by Gasteiger charge is 2.36. The number of anilines is 1. The number of methoxy groups -OCH3 is 1. The number of nitrogens with zero attached hydrogens (tertiary/aromatic N) is 1. The molecule has 0 bridgehead atoms. The number of amides is 1. The van der Waals surface area contributed by atoms with Gasteiger partial charge in [-0.3, -0.25) is 9.59 Å². The van der Waals surface area contributed by atoms with Crippen LogP contribution in [0.2, 0.25) is 5.02 Å². The van der Waals surface area contributed by atoms with Crippen molar-refractivity contribution in [2.24, 2.45) is 5.92 Å². The van der Waals surface area contributed by atoms with Crippen molar-refractivity contribution < 1.29 is 14.3 Å². The molecule has 0 aromatic heterocycles. The topological polar surface area (TPSA) is 46.6 Å². The molecule has 1 unspecified atom stereocenters. The molecule has 0 spiro atoms. The largest absolute Gasteiger partial charge is 0.469 e. The molecule has 6 heteroatoms. The summed E-state index contributed by atoms with van der Waals surface area (Å²) in [5.74, 6) is -0.903. The summed E-state index contributed by atoms with van der Waals surface area (Å²) in [5.41, 5.74) is 0.613. The van der Waals surface area contributed by atoms with Crippen molar-refractivity contribution in [3.8, 4) is 0 Å². The minimum atomic E-state index is -0.419. The molecule has 1 heterocycles. The molecular formula is C12H11BrClNO3. The second-order valence-corrected chi connectivity index (χ2v) is 5.35. The first-order valence-corrected chi connectivity index (χ1v) is 6.53. The highest BCUT2D eigenvalue weighted by molar-refractivity contribution is 9.10. The molecule has 4 nitrogen and oxygen atoms in total. The van der Waals surface area contributed by atoms with Crippen LogP contribution in [0.15, 0.2) is 22.7 Å². The quantitative estimate of drug-likeness (QED) is 0.782. The van der Waals surface area contributed by atoms with E-state index < -0.39 is 5.92 Å². The van der Waals surface area contributed by atoms with Gasteiger partial charge in [0.15, 0.2) is 0 Å². The standard InChI is InChI=1S/C12H11BrClNO3/c1-18-12(17)7-4-11(16)15(6-7)10-5-8(13)2-3-9(10)14/h2-3,5,7H,4,6H2,1H3. The van der Waals surface area contributed by atoms with Crippen molar-refractivity contribution in [2.75, 3.05) is 18.6 Å². The summed E-state index contributed by atoms with van der Waals surface area (Å²) in [5, 5.41) is 0.483. The van der Waals surface area contributed by atoms with E-state index in [1.54, 1.807) is 18.2 Å². The third kappa shape index (κ3) is 2.52. The van der Waals surface area contributed by atoms with Crippen molar-refractivity contribution in [1.29, 1.82) is 0 Å². The monoisotopic (exact) mass is 331 g/mol. The molecule has 0 radical (unpaired) electrons. The Morgan fingerprint density at radius 1 is 1.56 bits per heavy atom. The Morgan fingerprint density at radius 2 is 2.28 bits per heavy atom. The SMILES string of the molecule is COC(=O)C1CC(=O)N(c2cc(Br)ccc2Cl)C1. The van der Waals surface area contributed by atoms with Gasteiger partial charge in [0, 0.05) is 17.4 Å². The summed E-state index contributed by atoms with van der Waals surface area (Å²) in [6.45, 7) is 0.307. The number of benzene rings is 1. The number of esters is 1. The number of halogens is 2. The highest BCUT2D eigenvalue weighted by Crippen LogP contribution is 2.33. The molecule has 1 atom stereocenters. The van der Waals surface area contributed by atoms with Gasteiger partial charge in [0.25, 0.3) is 0 Å². The Kier molecular flexibility index (Phi) is 3.92. The molecule has 18 heavy (non-hydrogen) atoms. The van der Waals surface area contributed by atoms with Gasteiger partial charge in [-0.1, -0.05) is 27.5 Å². The molecule has 1 aliphatic heterocycles. The lowest BCUT2D eigenvalue weighted by Crippen LogP contribution is -2.26. The third-order valence-corrected chi connectivity index (χ3v) is 3.67. The Morgan fingerprint density at radius 3 is 2.94 bits per heavy atom. The number of rotatable bonds is 2. The van der Waals surface area contributed by atoms with E-state index >= 15 is 0 Å². The van der Waals surface area contributed by atoms with Gasteiger partial charge in [-0.25, -0.2) is 0 Å². The summed E-state index contributed by atoms with van der Waals surface area (Å²) in [7, 11) is 1.32. The van der Waals surface area contributed by atoms with Crippen LogP contribution >= 0.6 is 27.5 Å². The number of hydrogen-bond acceptors (Lipinski definition) is 3. The highest BCUT2D eigenvalue weighted by atomic mass is 79.9. The summed E-state index contributed by atoms with van der Waals surface area (Å²) < 4.78 is 5.49. The van der Waals surface area contributed by atoms with E-state index in [-0.39, 0.29) is 18.3 Å². The summed E-state index contributed by atoms with van der Waals surface area (Å²) in [4.78, 5) is 24.9. The van der Waals surface area contributed by atoms with Crippen LogP contribution in [0.25, 0.3) is 0 Å². The normalized spacial score (nSPS) is 19.2. The van der Waals surface area contributed by atoms with Crippen LogP contribution in [0, 0.1) is 5.92 Å². The van der Waals surface area contributed by atoms with Gasteiger partial charge >= 0.3 is 5.97 Å². The second-order valence-electron chi connectivity index (χ2n) is 4.02. The van der Waals surface area contributed by atoms with Gasteiger partial charge in [0.05, 0.1) is 23.7 Å². The van der Waals surface area contributed by atoms with Crippen LogP contribution in [0.3, 0.4) is 0 Å². The number of ether oxygens (including phenoxy) is 1. The Balaban J connectivity index is 2.27. The summed E-state index contributed by atoms with van der Waals surface area (Å²) in [6.07, 6.45) is 0.162. The predicted octanol–water partition coefficient (Wildman–Crippen LogP) is 2.63. The fourth-order valence-electron chi connectivity index (χ4n) is 1.96. The van der Waals surface area contributed by atoms with Crippen molar-refractivity contribution in [3.05, 3.63) is 27.7 Å². The van der Waals surface area contributed by atoms with E-state index in [2.05, 4.69) is 20.7 Å². The molecule has 1 amide bonds. The zero-order chi connectivity index (χ0) is 13.3. The number of carbonyl (C=O) groups excluding carboxylic acids is 2. The summed E-state index contributed by atoms with van der Waals surface area (Å²) >= 11 is 9.40. The van der Waals surface area contributed by atoms with Gasteiger partial charge in [-0.05, 0) is 18.2 Å². The Labute approximate surface area is 118 Å². The predicted molar refractivity (Wildman–Crippen MR) is 71.6 cm³/mol. The van der Waals surface area contributed by atoms with Crippen LogP contribution in [0.5, 0.6) is 0 Å². The maximum absolute atomic E-state index is 11.9. The first kappa shape index (κ1) is 13.4. The maximum atomic E-state index is 11.9. The van der Waals surface area contributed by atoms with Crippen molar-refractivity contribution >= 4 is 45.1 Å². The average Bonchev–Trinajstić information content (AvgIpc) is 2.73.